The second-order valence-corrected chi connectivity index (χ2v) is 6.26. The smallest absolute Gasteiger partial charge is 0.251 e. The summed E-state index contributed by atoms with van der Waals surface area (Å²) >= 11 is 3.44. The number of hydrogen-bond acceptors (Lipinski definition) is 3. The number of nitrogens with two attached hydrogens (primary N) is 1. The van der Waals surface area contributed by atoms with E-state index in [2.05, 4.69) is 21.2 Å². The number of rotatable bonds is 4. The van der Waals surface area contributed by atoms with Crippen molar-refractivity contribution in [2.24, 2.45) is 5.73 Å². The molecule has 1 aliphatic rings. The number of carbonyl (C=O) groups is 2. The molecule has 21 heavy (non-hydrogen) atoms. The van der Waals surface area contributed by atoms with Crippen molar-refractivity contribution in [3.63, 3.8) is 0 Å². The van der Waals surface area contributed by atoms with Crippen molar-refractivity contribution in [2.75, 3.05) is 19.6 Å². The number of nitrogens with one attached hydrogen (secondary N) is 1. The Labute approximate surface area is 133 Å². The van der Waals surface area contributed by atoms with Crippen molar-refractivity contribution < 1.29 is 9.59 Å². The number of benzene rings is 1. The van der Waals surface area contributed by atoms with Gasteiger partial charge in [0, 0.05) is 29.2 Å². The average Bonchev–Trinajstić information content (AvgIpc) is 2.43. The summed E-state index contributed by atoms with van der Waals surface area (Å²) in [6.07, 6.45) is 1.68. The third-order valence-electron chi connectivity index (χ3n) is 3.81. The van der Waals surface area contributed by atoms with Gasteiger partial charge in [-0.05, 0) is 37.5 Å². The number of halogens is 1. The molecule has 1 saturated heterocycles. The molecule has 2 amide bonds. The van der Waals surface area contributed by atoms with Crippen LogP contribution in [0.1, 0.15) is 28.8 Å². The maximum absolute atomic E-state index is 12.3. The third-order valence-corrected chi connectivity index (χ3v) is 4.67. The Bertz CT molecular complexity index is 540. The van der Waals surface area contributed by atoms with Gasteiger partial charge in [-0.3, -0.25) is 14.5 Å². The fraction of sp³-hybridized carbons (Fsp3) is 0.467. The Kier molecular flexibility index (Phi) is 5.36. The van der Waals surface area contributed by atoms with Crippen LogP contribution in [0.2, 0.25) is 0 Å². The molecule has 0 saturated carbocycles. The molecule has 114 valence electrons. The van der Waals surface area contributed by atoms with E-state index in [9.17, 15) is 9.59 Å². The largest absolute Gasteiger partial charge is 0.369 e. The van der Waals surface area contributed by atoms with Crippen LogP contribution >= 0.6 is 15.9 Å². The van der Waals surface area contributed by atoms with Gasteiger partial charge in [-0.25, -0.2) is 0 Å². The predicted molar refractivity (Wildman–Crippen MR) is 85.0 cm³/mol. The molecule has 5 nitrogen and oxygen atoms in total. The molecule has 0 bridgehead atoms. The third kappa shape index (κ3) is 4.28. The van der Waals surface area contributed by atoms with Crippen LogP contribution < -0.4 is 11.1 Å². The summed E-state index contributed by atoms with van der Waals surface area (Å²) in [5.41, 5.74) is 6.83. The molecule has 3 N–H and O–H groups in total. The van der Waals surface area contributed by atoms with Gasteiger partial charge < -0.3 is 11.1 Å². The monoisotopic (exact) mass is 353 g/mol. The Morgan fingerprint density at radius 1 is 1.38 bits per heavy atom. The van der Waals surface area contributed by atoms with Crippen molar-refractivity contribution in [3.05, 3.63) is 33.8 Å². The molecule has 2 rings (SSSR count). The number of amides is 2. The van der Waals surface area contributed by atoms with Gasteiger partial charge in [-0.2, -0.15) is 0 Å². The van der Waals surface area contributed by atoms with Crippen LogP contribution in [0, 0.1) is 6.92 Å². The predicted octanol–water partition coefficient (Wildman–Crippen LogP) is 1.44. The number of primary amides is 1. The fourth-order valence-electron chi connectivity index (χ4n) is 2.57. The fourth-order valence-corrected chi connectivity index (χ4v) is 2.94. The zero-order chi connectivity index (χ0) is 15.4. The van der Waals surface area contributed by atoms with Crippen LogP contribution in [0.3, 0.4) is 0 Å². The maximum atomic E-state index is 12.3. The van der Waals surface area contributed by atoms with Crippen LogP contribution in [0.5, 0.6) is 0 Å². The zero-order valence-electron chi connectivity index (χ0n) is 12.1. The lowest BCUT2D eigenvalue weighted by molar-refractivity contribution is -0.119. The number of hydrogen-bond donors (Lipinski definition) is 2. The molecule has 0 atom stereocenters. The maximum Gasteiger partial charge on any atom is 0.251 e. The van der Waals surface area contributed by atoms with Crippen LogP contribution in [0.15, 0.2) is 22.7 Å². The highest BCUT2D eigenvalue weighted by Gasteiger charge is 2.22. The van der Waals surface area contributed by atoms with Crippen molar-refractivity contribution in [1.29, 1.82) is 0 Å². The topological polar surface area (TPSA) is 75.4 Å². The lowest BCUT2D eigenvalue weighted by Gasteiger charge is -2.31. The van der Waals surface area contributed by atoms with Gasteiger partial charge in [-0.15, -0.1) is 0 Å². The van der Waals surface area contributed by atoms with Gasteiger partial charge in [0.1, 0.15) is 0 Å². The number of carbonyl (C=O) groups excluding carboxylic acids is 2. The van der Waals surface area contributed by atoms with E-state index >= 15 is 0 Å². The van der Waals surface area contributed by atoms with Gasteiger partial charge in [0.05, 0.1) is 6.54 Å². The van der Waals surface area contributed by atoms with E-state index in [0.717, 1.165) is 36.0 Å². The minimum atomic E-state index is -0.303. The Morgan fingerprint density at radius 2 is 2.05 bits per heavy atom. The molecule has 1 aromatic rings. The van der Waals surface area contributed by atoms with E-state index < -0.39 is 0 Å². The highest BCUT2D eigenvalue weighted by atomic mass is 79.9. The normalized spacial score (nSPS) is 16.7. The van der Waals surface area contributed by atoms with Crippen molar-refractivity contribution in [2.45, 2.75) is 25.8 Å². The van der Waals surface area contributed by atoms with Crippen LogP contribution in [-0.4, -0.2) is 42.4 Å². The van der Waals surface area contributed by atoms with Gasteiger partial charge in [0.15, 0.2) is 0 Å². The lowest BCUT2D eigenvalue weighted by atomic mass is 10.0. The van der Waals surface area contributed by atoms with E-state index in [1.54, 1.807) is 0 Å². The zero-order valence-corrected chi connectivity index (χ0v) is 13.6. The minimum Gasteiger partial charge on any atom is -0.369 e. The molecule has 0 unspecified atom stereocenters. The van der Waals surface area contributed by atoms with Crippen LogP contribution in [-0.2, 0) is 4.79 Å². The molecular formula is C15H20BrN3O2. The molecule has 1 aromatic carbocycles. The second-order valence-electron chi connectivity index (χ2n) is 5.40. The van der Waals surface area contributed by atoms with Crippen LogP contribution in [0.4, 0.5) is 0 Å². The quantitative estimate of drug-likeness (QED) is 0.859. The molecule has 1 heterocycles. The first-order valence-electron chi connectivity index (χ1n) is 7.04. The number of likely N-dealkylation sites (tertiary alicyclic amines) is 1. The number of nitrogens with zero attached hydrogens (tertiary/aromatic N) is 1. The van der Waals surface area contributed by atoms with Crippen molar-refractivity contribution >= 4 is 27.7 Å². The van der Waals surface area contributed by atoms with E-state index in [-0.39, 0.29) is 17.9 Å². The van der Waals surface area contributed by atoms with E-state index in [4.69, 9.17) is 5.73 Å². The standard InChI is InChI=1S/C15H20BrN3O2/c1-10-12(3-2-4-13(10)16)15(21)18-11-5-7-19(8-6-11)9-14(17)20/h2-4,11H,5-9H2,1H3,(H2,17,20)(H,18,21). The molecule has 0 spiro atoms. The van der Waals surface area contributed by atoms with Crippen molar-refractivity contribution in [1.82, 2.24) is 10.2 Å². The summed E-state index contributed by atoms with van der Waals surface area (Å²) in [5.74, 6) is -0.343. The molecular weight excluding hydrogens is 334 g/mol. The highest BCUT2D eigenvalue weighted by molar-refractivity contribution is 9.10. The number of piperidine rings is 1. The molecule has 1 aliphatic heterocycles. The summed E-state index contributed by atoms with van der Waals surface area (Å²) in [5, 5.41) is 3.07. The average molecular weight is 354 g/mol. The van der Waals surface area contributed by atoms with Gasteiger partial charge in [0.2, 0.25) is 5.91 Å². The Balaban J connectivity index is 1.90. The summed E-state index contributed by atoms with van der Waals surface area (Å²) in [4.78, 5) is 25.2. The highest BCUT2D eigenvalue weighted by Crippen LogP contribution is 2.20. The minimum absolute atomic E-state index is 0.0397. The van der Waals surface area contributed by atoms with E-state index in [1.165, 1.54) is 0 Å². The molecule has 6 heteroatoms. The molecule has 0 aliphatic carbocycles. The lowest BCUT2D eigenvalue weighted by Crippen LogP contribution is -2.46. The SMILES string of the molecule is Cc1c(Br)cccc1C(=O)NC1CCN(CC(N)=O)CC1. The Hall–Kier alpha value is -1.40. The summed E-state index contributed by atoms with van der Waals surface area (Å²) < 4.78 is 0.937. The second kappa shape index (κ2) is 7.04. The first-order valence-corrected chi connectivity index (χ1v) is 7.83. The van der Waals surface area contributed by atoms with Crippen molar-refractivity contribution in [3.8, 4) is 0 Å². The van der Waals surface area contributed by atoms with Gasteiger partial charge >= 0.3 is 0 Å². The molecule has 0 aromatic heterocycles. The first kappa shape index (κ1) is 16.0. The summed E-state index contributed by atoms with van der Waals surface area (Å²) in [6, 6.07) is 5.77. The molecule has 0 radical (unpaired) electrons. The van der Waals surface area contributed by atoms with E-state index in [1.807, 2.05) is 30.0 Å². The van der Waals surface area contributed by atoms with E-state index in [0.29, 0.717) is 12.1 Å². The Morgan fingerprint density at radius 3 is 2.67 bits per heavy atom. The van der Waals surface area contributed by atoms with Gasteiger partial charge in [-0.1, -0.05) is 22.0 Å². The first-order chi connectivity index (χ1) is 9.97. The van der Waals surface area contributed by atoms with Gasteiger partial charge in [0.25, 0.3) is 5.91 Å². The molecule has 1 fully saturated rings. The summed E-state index contributed by atoms with van der Waals surface area (Å²) in [6.45, 7) is 3.79. The summed E-state index contributed by atoms with van der Waals surface area (Å²) in [7, 11) is 0. The van der Waals surface area contributed by atoms with Crippen LogP contribution in [0.25, 0.3) is 0 Å².